The van der Waals surface area contributed by atoms with E-state index in [-0.39, 0.29) is 16.8 Å². The minimum atomic E-state index is -3.61. The number of carbonyl (C=O) groups excluding carboxylic acids is 1. The number of hydrogen-bond acceptors (Lipinski definition) is 3. The van der Waals surface area contributed by atoms with E-state index in [1.54, 1.807) is 25.2 Å². The fraction of sp³-hybridized carbons (Fsp3) is 0.350. The number of sulfonamides is 1. The Hall–Kier alpha value is -2.18. The van der Waals surface area contributed by atoms with Gasteiger partial charge in [0, 0.05) is 25.2 Å². The molecule has 0 bridgehead atoms. The van der Waals surface area contributed by atoms with Gasteiger partial charge in [0.1, 0.15) is 0 Å². The average molecular weight is 370 g/mol. The van der Waals surface area contributed by atoms with E-state index >= 15 is 0 Å². The number of fused-ring (bicyclic) bond motifs is 2. The van der Waals surface area contributed by atoms with Gasteiger partial charge in [-0.2, -0.15) is 4.31 Å². The van der Waals surface area contributed by atoms with Gasteiger partial charge in [-0.3, -0.25) is 4.79 Å². The number of benzene rings is 2. The maximum absolute atomic E-state index is 13.2. The summed E-state index contributed by atoms with van der Waals surface area (Å²) in [6, 6.07) is 13.0. The molecule has 0 saturated heterocycles. The fourth-order valence-corrected chi connectivity index (χ4v) is 5.38. The van der Waals surface area contributed by atoms with Crippen molar-refractivity contribution in [1.29, 1.82) is 0 Å². The van der Waals surface area contributed by atoms with Crippen LogP contribution in [-0.4, -0.2) is 25.7 Å². The highest BCUT2D eigenvalue weighted by Crippen LogP contribution is 2.37. The van der Waals surface area contributed by atoms with E-state index in [0.717, 1.165) is 30.4 Å². The van der Waals surface area contributed by atoms with Crippen molar-refractivity contribution in [1.82, 2.24) is 4.31 Å². The molecule has 2 aliphatic rings. The Bertz CT molecular complexity index is 969. The van der Waals surface area contributed by atoms with Crippen molar-refractivity contribution in [3.05, 3.63) is 59.2 Å². The van der Waals surface area contributed by atoms with Crippen LogP contribution >= 0.6 is 0 Å². The van der Waals surface area contributed by atoms with Crippen molar-refractivity contribution in [2.24, 2.45) is 0 Å². The first kappa shape index (κ1) is 17.2. The van der Waals surface area contributed by atoms with Gasteiger partial charge in [-0.05, 0) is 60.6 Å². The molecule has 0 saturated carbocycles. The van der Waals surface area contributed by atoms with Crippen LogP contribution in [0.25, 0.3) is 0 Å². The molecule has 0 radical (unpaired) electrons. The summed E-state index contributed by atoms with van der Waals surface area (Å²) in [7, 11) is -1.94. The van der Waals surface area contributed by atoms with E-state index in [1.807, 2.05) is 18.2 Å². The van der Waals surface area contributed by atoms with Crippen LogP contribution < -0.4 is 5.32 Å². The molecule has 26 heavy (non-hydrogen) atoms. The van der Waals surface area contributed by atoms with Crippen molar-refractivity contribution >= 4 is 21.6 Å². The number of nitrogens with zero attached hydrogens (tertiary/aromatic N) is 1. The van der Waals surface area contributed by atoms with E-state index in [9.17, 15) is 13.2 Å². The van der Waals surface area contributed by atoms with Crippen LogP contribution in [0.15, 0.2) is 47.4 Å². The molecule has 1 heterocycles. The predicted molar refractivity (Wildman–Crippen MR) is 100 cm³/mol. The summed E-state index contributed by atoms with van der Waals surface area (Å²) in [5.41, 5.74) is 3.93. The van der Waals surface area contributed by atoms with Gasteiger partial charge in [-0.1, -0.05) is 24.3 Å². The normalized spacial score (nSPS) is 19.6. The number of hydrogen-bond donors (Lipinski definition) is 1. The summed E-state index contributed by atoms with van der Waals surface area (Å²) < 4.78 is 28.0. The summed E-state index contributed by atoms with van der Waals surface area (Å²) in [5, 5.41) is 2.80. The molecule has 0 fully saturated rings. The maximum atomic E-state index is 13.2. The van der Waals surface area contributed by atoms with E-state index in [4.69, 9.17) is 0 Å². The zero-order valence-electron chi connectivity index (χ0n) is 14.7. The molecule has 0 aromatic heterocycles. The Labute approximate surface area is 154 Å². The van der Waals surface area contributed by atoms with Crippen LogP contribution in [-0.2, 0) is 27.7 Å². The smallest absolute Gasteiger partial charge is 0.243 e. The summed E-state index contributed by atoms with van der Waals surface area (Å²) in [6.07, 6.45) is 3.77. The Morgan fingerprint density at radius 2 is 1.85 bits per heavy atom. The van der Waals surface area contributed by atoms with Crippen molar-refractivity contribution in [2.75, 3.05) is 12.4 Å². The molecule has 0 spiro atoms. The van der Waals surface area contributed by atoms with Crippen LogP contribution in [0.1, 0.15) is 42.0 Å². The molecular weight excluding hydrogens is 348 g/mol. The standard InChI is InChI=1S/C20H22N2O3S/c1-22(19-8-4-6-14-5-2-3-7-17(14)19)26(24,25)16-10-11-18-15(13-16)9-12-20(23)21-18/h2-3,5,7,10-11,13,19H,4,6,8-9,12H2,1H3,(H,21,23)/t19-/m0/s1. The Balaban J connectivity index is 1.68. The molecule has 0 unspecified atom stereocenters. The third-order valence-corrected chi connectivity index (χ3v) is 7.29. The Morgan fingerprint density at radius 1 is 1.04 bits per heavy atom. The molecule has 4 rings (SSSR count). The molecule has 136 valence electrons. The molecule has 1 amide bonds. The number of nitrogens with one attached hydrogen (secondary N) is 1. The van der Waals surface area contributed by atoms with Crippen molar-refractivity contribution in [2.45, 2.75) is 43.0 Å². The minimum absolute atomic E-state index is 0.0240. The van der Waals surface area contributed by atoms with Gasteiger partial charge < -0.3 is 5.32 Å². The van der Waals surface area contributed by atoms with Gasteiger partial charge in [-0.25, -0.2) is 8.42 Å². The van der Waals surface area contributed by atoms with E-state index in [0.29, 0.717) is 18.5 Å². The van der Waals surface area contributed by atoms with Gasteiger partial charge in [0.2, 0.25) is 15.9 Å². The quantitative estimate of drug-likeness (QED) is 0.902. The first-order valence-electron chi connectivity index (χ1n) is 8.95. The second-order valence-electron chi connectivity index (χ2n) is 7.00. The Kier molecular flexibility index (Phi) is 4.32. The number of anilines is 1. The number of rotatable bonds is 3. The average Bonchev–Trinajstić information content (AvgIpc) is 2.66. The summed E-state index contributed by atoms with van der Waals surface area (Å²) in [5.74, 6) is -0.0240. The van der Waals surface area contributed by atoms with Crippen molar-refractivity contribution in [3.63, 3.8) is 0 Å². The Morgan fingerprint density at radius 3 is 2.69 bits per heavy atom. The largest absolute Gasteiger partial charge is 0.326 e. The highest BCUT2D eigenvalue weighted by Gasteiger charge is 2.32. The van der Waals surface area contributed by atoms with E-state index < -0.39 is 10.0 Å². The molecule has 1 atom stereocenters. The lowest BCUT2D eigenvalue weighted by Crippen LogP contribution is -2.33. The second-order valence-corrected chi connectivity index (χ2v) is 8.99. The van der Waals surface area contributed by atoms with Crippen molar-refractivity contribution < 1.29 is 13.2 Å². The second kappa shape index (κ2) is 6.52. The lowest BCUT2D eigenvalue weighted by Gasteiger charge is -2.32. The first-order valence-corrected chi connectivity index (χ1v) is 10.4. The van der Waals surface area contributed by atoms with Gasteiger partial charge in [0.15, 0.2) is 0 Å². The fourth-order valence-electron chi connectivity index (χ4n) is 3.96. The van der Waals surface area contributed by atoms with Gasteiger partial charge in [0.05, 0.1) is 4.90 Å². The molecule has 1 aliphatic carbocycles. The number of aryl methyl sites for hydroxylation is 2. The molecule has 1 aliphatic heterocycles. The predicted octanol–water partition coefficient (Wildman–Crippen LogP) is 3.27. The maximum Gasteiger partial charge on any atom is 0.243 e. The SMILES string of the molecule is CN([C@H]1CCCc2ccccc21)S(=O)(=O)c1ccc2c(c1)CCC(=O)N2. The highest BCUT2D eigenvalue weighted by atomic mass is 32.2. The van der Waals surface area contributed by atoms with Crippen LogP contribution in [0.3, 0.4) is 0 Å². The van der Waals surface area contributed by atoms with Gasteiger partial charge >= 0.3 is 0 Å². The molecule has 1 N–H and O–H groups in total. The topological polar surface area (TPSA) is 66.5 Å². The monoisotopic (exact) mass is 370 g/mol. The molecule has 6 heteroatoms. The summed E-state index contributed by atoms with van der Waals surface area (Å²) >= 11 is 0. The molecule has 2 aromatic rings. The van der Waals surface area contributed by atoms with E-state index in [2.05, 4.69) is 11.4 Å². The molecular formula is C20H22N2O3S. The van der Waals surface area contributed by atoms with Crippen LogP contribution in [0.2, 0.25) is 0 Å². The lowest BCUT2D eigenvalue weighted by molar-refractivity contribution is -0.116. The molecule has 5 nitrogen and oxygen atoms in total. The zero-order chi connectivity index (χ0) is 18.3. The highest BCUT2D eigenvalue weighted by molar-refractivity contribution is 7.89. The third-order valence-electron chi connectivity index (χ3n) is 5.43. The van der Waals surface area contributed by atoms with Crippen LogP contribution in [0.4, 0.5) is 5.69 Å². The zero-order valence-corrected chi connectivity index (χ0v) is 15.6. The van der Waals surface area contributed by atoms with Crippen LogP contribution in [0.5, 0.6) is 0 Å². The summed E-state index contributed by atoms with van der Waals surface area (Å²) in [4.78, 5) is 11.8. The minimum Gasteiger partial charge on any atom is -0.326 e. The first-order chi connectivity index (χ1) is 12.5. The van der Waals surface area contributed by atoms with Gasteiger partial charge in [-0.15, -0.1) is 0 Å². The summed E-state index contributed by atoms with van der Waals surface area (Å²) in [6.45, 7) is 0. The van der Waals surface area contributed by atoms with Gasteiger partial charge in [0.25, 0.3) is 0 Å². The van der Waals surface area contributed by atoms with Crippen molar-refractivity contribution in [3.8, 4) is 0 Å². The third kappa shape index (κ3) is 2.93. The number of carbonyl (C=O) groups is 1. The van der Waals surface area contributed by atoms with Crippen LogP contribution in [0, 0.1) is 0 Å². The van der Waals surface area contributed by atoms with E-state index in [1.165, 1.54) is 9.87 Å². The molecule has 2 aromatic carbocycles. The number of amides is 1. The lowest BCUT2D eigenvalue weighted by atomic mass is 9.88.